The van der Waals surface area contributed by atoms with E-state index in [0.717, 1.165) is 0 Å². The van der Waals surface area contributed by atoms with E-state index in [4.69, 9.17) is 0 Å². The Morgan fingerprint density at radius 3 is 0.625 bits per heavy atom. The van der Waals surface area contributed by atoms with E-state index >= 15 is 0 Å². The van der Waals surface area contributed by atoms with Gasteiger partial charge < -0.3 is 14.7 Å². The Morgan fingerprint density at radius 2 is 0.438 bits per heavy atom. The number of unbranched alkanes of at least 4 members (excludes halogenated alkanes) is 10. The molecular weight excluding hydrogens is 390 g/mol. The normalized spacial score (nSPS) is 12.0. The van der Waals surface area contributed by atoms with E-state index in [2.05, 4.69) is 49.3 Å². The van der Waals surface area contributed by atoms with Crippen molar-refractivity contribution in [2.75, 3.05) is 58.9 Å². The summed E-state index contributed by atoms with van der Waals surface area (Å²) in [6.07, 6.45) is 20.4. The molecule has 0 aromatic heterocycles. The van der Waals surface area contributed by atoms with Gasteiger partial charge in [-0.1, -0.05) is 98.8 Å². The highest BCUT2D eigenvalue weighted by Crippen LogP contribution is 2.07. The van der Waals surface area contributed by atoms with Gasteiger partial charge in [-0.15, -0.1) is 0 Å². The summed E-state index contributed by atoms with van der Waals surface area (Å²) >= 11 is 0. The summed E-state index contributed by atoms with van der Waals surface area (Å²) in [4.78, 5) is 8.35. The Morgan fingerprint density at radius 1 is 0.250 bits per heavy atom. The number of rotatable bonds is 26. The largest absolute Gasteiger partial charge is 0.302 e. The lowest BCUT2D eigenvalue weighted by atomic mass is 10.2. The summed E-state index contributed by atoms with van der Waals surface area (Å²) in [5.74, 6) is 0. The summed E-state index contributed by atoms with van der Waals surface area (Å²) in [5.41, 5.74) is 0. The minimum Gasteiger partial charge on any atom is -0.302 e. The van der Waals surface area contributed by atoms with E-state index in [1.54, 1.807) is 0 Å². The van der Waals surface area contributed by atoms with Crippen molar-refractivity contribution in [2.24, 2.45) is 0 Å². The minimum atomic E-state index is 1.26. The second-order valence-electron chi connectivity index (χ2n) is 10.1. The van der Waals surface area contributed by atoms with Crippen LogP contribution in [-0.4, -0.2) is 73.6 Å². The Balaban J connectivity index is 4.70. The molecule has 0 radical (unpaired) electrons. The van der Waals surface area contributed by atoms with Crippen LogP contribution in [-0.2, 0) is 0 Å². The first-order valence-corrected chi connectivity index (χ1v) is 14.9. The van der Waals surface area contributed by atoms with Gasteiger partial charge in [-0.2, -0.15) is 0 Å². The zero-order valence-electron chi connectivity index (χ0n) is 23.3. The maximum absolute atomic E-state index is 2.80. The highest BCUT2D eigenvalue weighted by atomic mass is 15.2. The molecule has 3 nitrogen and oxygen atoms in total. The van der Waals surface area contributed by atoms with Gasteiger partial charge in [0.25, 0.3) is 0 Å². The molecule has 0 saturated heterocycles. The molecule has 0 heterocycles. The number of nitrogens with zero attached hydrogens (tertiary/aromatic N) is 3. The van der Waals surface area contributed by atoms with Crippen LogP contribution in [0.1, 0.15) is 131 Å². The van der Waals surface area contributed by atoms with Crippen molar-refractivity contribution in [3.05, 3.63) is 0 Å². The SMILES string of the molecule is CCCCCN(CCCCC)CCN(CCCCC)CCN(CCCCC)CCCCC. The van der Waals surface area contributed by atoms with Crippen LogP contribution in [0.2, 0.25) is 0 Å². The molecule has 194 valence electrons. The van der Waals surface area contributed by atoms with Crippen molar-refractivity contribution in [3.8, 4) is 0 Å². The third-order valence-electron chi connectivity index (χ3n) is 6.85. The molecule has 0 spiro atoms. The summed E-state index contributed by atoms with van der Waals surface area (Å²) in [7, 11) is 0. The average molecular weight is 454 g/mol. The topological polar surface area (TPSA) is 9.72 Å². The van der Waals surface area contributed by atoms with Gasteiger partial charge in [0.2, 0.25) is 0 Å². The van der Waals surface area contributed by atoms with Gasteiger partial charge in [0, 0.05) is 26.2 Å². The lowest BCUT2D eigenvalue weighted by Crippen LogP contribution is -2.41. The lowest BCUT2D eigenvalue weighted by molar-refractivity contribution is 0.168. The van der Waals surface area contributed by atoms with Crippen LogP contribution >= 0.6 is 0 Å². The number of hydrogen-bond donors (Lipinski definition) is 0. The molecule has 0 aliphatic rings. The quantitative estimate of drug-likeness (QED) is 0.123. The lowest BCUT2D eigenvalue weighted by Gasteiger charge is -2.30. The summed E-state index contributed by atoms with van der Waals surface area (Å²) < 4.78 is 0. The van der Waals surface area contributed by atoms with E-state index < -0.39 is 0 Å². The van der Waals surface area contributed by atoms with E-state index in [1.165, 1.54) is 155 Å². The smallest absolute Gasteiger partial charge is 0.0110 e. The molecule has 0 aromatic carbocycles. The Kier molecular flexibility index (Phi) is 25.4. The van der Waals surface area contributed by atoms with Crippen LogP contribution in [0.25, 0.3) is 0 Å². The second kappa shape index (κ2) is 25.5. The predicted molar refractivity (Wildman–Crippen MR) is 147 cm³/mol. The van der Waals surface area contributed by atoms with E-state index in [-0.39, 0.29) is 0 Å². The van der Waals surface area contributed by atoms with Gasteiger partial charge in [0.1, 0.15) is 0 Å². The third kappa shape index (κ3) is 20.5. The zero-order chi connectivity index (χ0) is 23.7. The Hall–Kier alpha value is -0.120. The molecule has 0 N–H and O–H groups in total. The average Bonchev–Trinajstić information content (AvgIpc) is 2.80. The van der Waals surface area contributed by atoms with Crippen LogP contribution in [0, 0.1) is 0 Å². The molecule has 0 saturated carbocycles. The molecule has 3 heteroatoms. The molecule has 0 atom stereocenters. The van der Waals surface area contributed by atoms with Crippen molar-refractivity contribution in [1.29, 1.82) is 0 Å². The van der Waals surface area contributed by atoms with E-state index in [1.807, 2.05) is 0 Å². The maximum Gasteiger partial charge on any atom is 0.0110 e. The highest BCUT2D eigenvalue weighted by molar-refractivity contribution is 4.68. The monoisotopic (exact) mass is 454 g/mol. The molecule has 32 heavy (non-hydrogen) atoms. The standard InChI is InChI=1S/C29H63N3/c1-6-11-16-21-30(22-17-12-7-2)26-28-32(25-20-15-10-5)29-27-31(23-18-13-8-3)24-19-14-9-4/h6-29H2,1-5H3. The number of hydrogen-bond acceptors (Lipinski definition) is 3. The van der Waals surface area contributed by atoms with Crippen LogP contribution in [0.4, 0.5) is 0 Å². The van der Waals surface area contributed by atoms with Gasteiger partial charge in [0.05, 0.1) is 0 Å². The van der Waals surface area contributed by atoms with Gasteiger partial charge in [0.15, 0.2) is 0 Å². The third-order valence-corrected chi connectivity index (χ3v) is 6.85. The molecule has 0 unspecified atom stereocenters. The zero-order valence-corrected chi connectivity index (χ0v) is 23.3. The van der Waals surface area contributed by atoms with Gasteiger partial charge in [-0.25, -0.2) is 0 Å². The molecule has 0 bridgehead atoms. The predicted octanol–water partition coefficient (Wildman–Crippen LogP) is 7.84. The Labute approximate surface area is 204 Å². The van der Waals surface area contributed by atoms with Gasteiger partial charge in [-0.05, 0) is 64.8 Å². The molecule has 0 aliphatic heterocycles. The fourth-order valence-corrected chi connectivity index (χ4v) is 4.50. The van der Waals surface area contributed by atoms with Crippen molar-refractivity contribution in [3.63, 3.8) is 0 Å². The van der Waals surface area contributed by atoms with Crippen LogP contribution in [0.3, 0.4) is 0 Å². The molecule has 0 aliphatic carbocycles. The molecule has 0 aromatic rings. The molecular formula is C29H63N3. The van der Waals surface area contributed by atoms with Crippen molar-refractivity contribution < 1.29 is 0 Å². The molecule has 0 amide bonds. The summed E-state index contributed by atoms with van der Waals surface area (Å²) in [5, 5.41) is 0. The van der Waals surface area contributed by atoms with Crippen molar-refractivity contribution in [2.45, 2.75) is 131 Å². The molecule has 0 rings (SSSR count). The highest BCUT2D eigenvalue weighted by Gasteiger charge is 2.12. The summed E-state index contributed by atoms with van der Waals surface area (Å²) in [6, 6.07) is 0. The second-order valence-corrected chi connectivity index (χ2v) is 10.1. The van der Waals surface area contributed by atoms with Crippen molar-refractivity contribution in [1.82, 2.24) is 14.7 Å². The van der Waals surface area contributed by atoms with Crippen LogP contribution < -0.4 is 0 Å². The van der Waals surface area contributed by atoms with E-state index in [0.29, 0.717) is 0 Å². The van der Waals surface area contributed by atoms with Gasteiger partial charge in [-0.3, -0.25) is 0 Å². The first-order chi connectivity index (χ1) is 15.7. The maximum atomic E-state index is 2.80. The van der Waals surface area contributed by atoms with Crippen LogP contribution in [0.15, 0.2) is 0 Å². The fraction of sp³-hybridized carbons (Fsp3) is 1.00. The first kappa shape index (κ1) is 31.9. The van der Waals surface area contributed by atoms with Gasteiger partial charge >= 0.3 is 0 Å². The van der Waals surface area contributed by atoms with E-state index in [9.17, 15) is 0 Å². The van der Waals surface area contributed by atoms with Crippen molar-refractivity contribution >= 4 is 0 Å². The van der Waals surface area contributed by atoms with Crippen LogP contribution in [0.5, 0.6) is 0 Å². The Bertz CT molecular complexity index is 299. The summed E-state index contributed by atoms with van der Waals surface area (Å²) in [6.45, 7) is 23.2. The first-order valence-electron chi connectivity index (χ1n) is 14.9. The molecule has 0 fully saturated rings. The minimum absolute atomic E-state index is 1.26. The fourth-order valence-electron chi connectivity index (χ4n) is 4.50.